The second-order valence-corrected chi connectivity index (χ2v) is 11.7. The van der Waals surface area contributed by atoms with Gasteiger partial charge in [0.15, 0.2) is 18.4 Å². The molecule has 2 saturated carbocycles. The number of methoxy groups -OCH3 is 1. The molecule has 0 radical (unpaired) electrons. The van der Waals surface area contributed by atoms with Crippen molar-refractivity contribution < 1.29 is 33.3 Å². The molecular formula is C32H58O7. The summed E-state index contributed by atoms with van der Waals surface area (Å²) in [5, 5.41) is 0. The van der Waals surface area contributed by atoms with E-state index in [0.29, 0.717) is 11.8 Å². The van der Waals surface area contributed by atoms with Gasteiger partial charge >= 0.3 is 0 Å². The Labute approximate surface area is 239 Å². The van der Waals surface area contributed by atoms with Gasteiger partial charge in [-0.1, -0.05) is 48.1 Å². The first-order valence-electron chi connectivity index (χ1n) is 13.8. The van der Waals surface area contributed by atoms with E-state index in [1.807, 2.05) is 13.1 Å². The van der Waals surface area contributed by atoms with Crippen LogP contribution in [0.4, 0.5) is 0 Å². The predicted molar refractivity (Wildman–Crippen MR) is 157 cm³/mol. The van der Waals surface area contributed by atoms with Gasteiger partial charge in [-0.15, -0.1) is 0 Å². The Kier molecular flexibility index (Phi) is 17.3. The predicted octanol–water partition coefficient (Wildman–Crippen LogP) is 7.28. The lowest BCUT2D eigenvalue weighted by atomic mass is 9.58. The monoisotopic (exact) mass is 554 g/mol. The second-order valence-electron chi connectivity index (χ2n) is 11.7. The zero-order chi connectivity index (χ0) is 27.5. The first kappa shape index (κ1) is 37.5. The molecule has 2 aliphatic heterocycles. The van der Waals surface area contributed by atoms with E-state index in [4.69, 9.17) is 28.5 Å². The Morgan fingerprint density at radius 1 is 0.846 bits per heavy atom. The molecule has 2 aliphatic carbocycles. The van der Waals surface area contributed by atoms with Gasteiger partial charge in [-0.25, -0.2) is 0 Å². The minimum atomic E-state index is -0.00427. The SMILES string of the molecule is C.C.C=O.CC(=O)C=C1CC(COC2CCCCO2)C1(C)C.COC=C1CC(COC2CCCCO2)C1(C)C. The topological polar surface area (TPSA) is 80.3 Å². The Hall–Kier alpha value is -1.54. The third-order valence-corrected chi connectivity index (χ3v) is 8.51. The molecule has 228 valence electrons. The summed E-state index contributed by atoms with van der Waals surface area (Å²) < 4.78 is 27.9. The third-order valence-electron chi connectivity index (χ3n) is 8.51. The molecule has 0 aromatic carbocycles. The minimum Gasteiger partial charge on any atom is -0.504 e. The summed E-state index contributed by atoms with van der Waals surface area (Å²) in [7, 11) is 1.71. The number of carbonyl (C=O) groups is 2. The summed E-state index contributed by atoms with van der Waals surface area (Å²) in [6, 6.07) is 0. The standard InChI is InChI=1S/C15H24O3.C14H24O3.CH2O.2CH4/c1-11(16)8-12-9-13(15(12,2)3)10-18-14-6-4-5-7-17-14;1-14(2)11(9-15-3)8-12(14)10-17-13-6-4-5-7-16-13;1-2;;/h8,13-14H,4-7,9-10H2,1-3H3;9,12-13H,4-8,10H2,1-3H3;1H2;2*1H4. The minimum absolute atomic E-state index is 0. The smallest absolute Gasteiger partial charge is 0.157 e. The highest BCUT2D eigenvalue weighted by Gasteiger charge is 2.44. The van der Waals surface area contributed by atoms with Crippen molar-refractivity contribution in [3.05, 3.63) is 23.5 Å². The molecule has 4 unspecified atom stereocenters. The van der Waals surface area contributed by atoms with Gasteiger partial charge in [-0.3, -0.25) is 4.79 Å². The Morgan fingerprint density at radius 2 is 1.28 bits per heavy atom. The second kappa shape index (κ2) is 18.0. The molecule has 4 aliphatic rings. The summed E-state index contributed by atoms with van der Waals surface area (Å²) in [4.78, 5) is 19.1. The van der Waals surface area contributed by atoms with E-state index in [2.05, 4.69) is 27.7 Å². The van der Waals surface area contributed by atoms with Crippen LogP contribution >= 0.6 is 0 Å². The Balaban J connectivity index is 0.000000665. The van der Waals surface area contributed by atoms with E-state index in [0.717, 1.165) is 58.5 Å². The zero-order valence-electron chi connectivity index (χ0n) is 24.0. The molecular weight excluding hydrogens is 496 g/mol. The number of rotatable bonds is 8. The van der Waals surface area contributed by atoms with Gasteiger partial charge < -0.3 is 28.5 Å². The fraction of sp³-hybridized carbons (Fsp3) is 0.812. The summed E-state index contributed by atoms with van der Waals surface area (Å²) >= 11 is 0. The molecule has 0 aromatic heterocycles. The summed E-state index contributed by atoms with van der Waals surface area (Å²) in [6.45, 7) is 15.8. The Bertz CT molecular complexity index is 758. The van der Waals surface area contributed by atoms with E-state index in [9.17, 15) is 4.79 Å². The van der Waals surface area contributed by atoms with Crippen LogP contribution in [0.5, 0.6) is 0 Å². The fourth-order valence-corrected chi connectivity index (χ4v) is 5.33. The van der Waals surface area contributed by atoms with Crippen LogP contribution in [-0.4, -0.2) is 58.7 Å². The van der Waals surface area contributed by atoms with Crippen molar-refractivity contribution in [3.63, 3.8) is 0 Å². The number of hydrogen-bond acceptors (Lipinski definition) is 7. The highest BCUT2D eigenvalue weighted by molar-refractivity contribution is 5.88. The van der Waals surface area contributed by atoms with Crippen LogP contribution in [0.25, 0.3) is 0 Å². The molecule has 39 heavy (non-hydrogen) atoms. The Morgan fingerprint density at radius 3 is 1.62 bits per heavy atom. The zero-order valence-corrected chi connectivity index (χ0v) is 24.0. The van der Waals surface area contributed by atoms with Crippen LogP contribution in [0.1, 0.15) is 101 Å². The fourth-order valence-electron chi connectivity index (χ4n) is 5.33. The molecule has 0 aromatic rings. The van der Waals surface area contributed by atoms with Crippen molar-refractivity contribution in [2.24, 2.45) is 22.7 Å². The molecule has 7 heteroatoms. The van der Waals surface area contributed by atoms with Crippen molar-refractivity contribution in [2.75, 3.05) is 33.5 Å². The van der Waals surface area contributed by atoms with Crippen molar-refractivity contribution in [3.8, 4) is 0 Å². The van der Waals surface area contributed by atoms with Gasteiger partial charge in [0.1, 0.15) is 6.79 Å². The molecule has 2 saturated heterocycles. The quantitative estimate of drug-likeness (QED) is 0.230. The van der Waals surface area contributed by atoms with Gasteiger partial charge in [-0.05, 0) is 92.6 Å². The molecule has 0 amide bonds. The maximum Gasteiger partial charge on any atom is 0.157 e. The maximum absolute atomic E-state index is 11.1. The third kappa shape index (κ3) is 10.8. The number of carbonyl (C=O) groups excluding carboxylic acids is 2. The highest BCUT2D eigenvalue weighted by Crippen LogP contribution is 2.51. The van der Waals surface area contributed by atoms with Crippen LogP contribution in [-0.2, 0) is 33.3 Å². The lowest BCUT2D eigenvalue weighted by Gasteiger charge is -2.47. The molecule has 4 atom stereocenters. The lowest BCUT2D eigenvalue weighted by Crippen LogP contribution is -2.42. The molecule has 4 fully saturated rings. The molecule has 0 bridgehead atoms. The number of hydrogen-bond donors (Lipinski definition) is 0. The van der Waals surface area contributed by atoms with Crippen LogP contribution < -0.4 is 0 Å². The molecule has 0 N–H and O–H groups in total. The first-order chi connectivity index (χ1) is 17.6. The van der Waals surface area contributed by atoms with Gasteiger partial charge in [0, 0.05) is 13.2 Å². The van der Waals surface area contributed by atoms with E-state index >= 15 is 0 Å². The summed E-state index contributed by atoms with van der Waals surface area (Å²) in [6.07, 6.45) is 12.6. The summed E-state index contributed by atoms with van der Waals surface area (Å²) in [5.74, 6) is 1.25. The van der Waals surface area contributed by atoms with Gasteiger partial charge in [0.25, 0.3) is 0 Å². The van der Waals surface area contributed by atoms with Crippen LogP contribution in [0, 0.1) is 22.7 Å². The molecule has 0 spiro atoms. The van der Waals surface area contributed by atoms with E-state index < -0.39 is 0 Å². The average molecular weight is 555 g/mol. The van der Waals surface area contributed by atoms with Crippen molar-refractivity contribution in [1.29, 1.82) is 0 Å². The number of ketones is 1. The van der Waals surface area contributed by atoms with Gasteiger partial charge in [-0.2, -0.15) is 0 Å². The van der Waals surface area contributed by atoms with Gasteiger partial charge in [0.05, 0.1) is 26.6 Å². The molecule has 4 rings (SSSR count). The molecule has 7 nitrogen and oxygen atoms in total. The van der Waals surface area contributed by atoms with Crippen molar-refractivity contribution >= 4 is 12.6 Å². The van der Waals surface area contributed by atoms with E-state index in [1.54, 1.807) is 20.1 Å². The largest absolute Gasteiger partial charge is 0.504 e. The van der Waals surface area contributed by atoms with E-state index in [1.165, 1.54) is 30.4 Å². The van der Waals surface area contributed by atoms with E-state index in [-0.39, 0.29) is 44.0 Å². The lowest BCUT2D eigenvalue weighted by molar-refractivity contribution is -0.177. The highest BCUT2D eigenvalue weighted by atomic mass is 16.7. The van der Waals surface area contributed by atoms with Crippen LogP contribution in [0.2, 0.25) is 0 Å². The van der Waals surface area contributed by atoms with Crippen LogP contribution in [0.3, 0.4) is 0 Å². The summed E-state index contributed by atoms with van der Waals surface area (Å²) in [5.41, 5.74) is 2.96. The van der Waals surface area contributed by atoms with Gasteiger partial charge in [0.2, 0.25) is 0 Å². The maximum atomic E-state index is 11.1. The molecule has 2 heterocycles. The normalized spacial score (nSPS) is 30.4. The number of ether oxygens (including phenoxy) is 5. The first-order valence-corrected chi connectivity index (χ1v) is 13.8. The van der Waals surface area contributed by atoms with Crippen molar-refractivity contribution in [1.82, 2.24) is 0 Å². The van der Waals surface area contributed by atoms with Crippen LogP contribution in [0.15, 0.2) is 23.5 Å². The number of allylic oxidation sites excluding steroid dienone is 3. The average Bonchev–Trinajstić information content (AvgIpc) is 2.90. The van der Waals surface area contributed by atoms with Crippen molar-refractivity contribution in [2.45, 2.75) is 113 Å².